The van der Waals surface area contributed by atoms with Crippen LogP contribution in [0, 0.1) is 0 Å². The number of carbonyl (C=O) groups is 1. The summed E-state index contributed by atoms with van der Waals surface area (Å²) in [4.78, 5) is 25.1. The number of para-hydroxylation sites is 2. The number of amides is 1. The molecule has 0 saturated carbocycles. The maximum absolute atomic E-state index is 12.8. The number of carbonyl (C=O) groups excluding carboxylic acids is 1. The van der Waals surface area contributed by atoms with Gasteiger partial charge < -0.3 is 10.3 Å². The van der Waals surface area contributed by atoms with Crippen LogP contribution in [0.5, 0.6) is 0 Å². The molecule has 1 unspecified atom stereocenters. The highest BCUT2D eigenvalue weighted by Crippen LogP contribution is 2.29. The second-order valence-corrected chi connectivity index (χ2v) is 8.65. The third-order valence-electron chi connectivity index (χ3n) is 4.54. The number of thioether (sulfide) groups is 1. The van der Waals surface area contributed by atoms with Crippen molar-refractivity contribution in [2.45, 2.75) is 23.8 Å². The molecule has 3 heterocycles. The molecule has 5 aromatic rings. The van der Waals surface area contributed by atoms with Crippen LogP contribution in [-0.4, -0.2) is 36.3 Å². The lowest BCUT2D eigenvalue weighted by Gasteiger charge is -2.11. The van der Waals surface area contributed by atoms with Crippen LogP contribution in [-0.2, 0) is 4.79 Å². The van der Waals surface area contributed by atoms with Crippen molar-refractivity contribution in [1.29, 1.82) is 0 Å². The van der Waals surface area contributed by atoms with E-state index >= 15 is 0 Å². The Balaban J connectivity index is 1.37. The molecule has 1 atom stereocenters. The molecule has 0 spiro atoms. The first-order valence-corrected chi connectivity index (χ1v) is 10.8. The van der Waals surface area contributed by atoms with Gasteiger partial charge in [0.05, 0.1) is 15.5 Å². The normalized spacial score (nSPS) is 12.6. The summed E-state index contributed by atoms with van der Waals surface area (Å²) in [5.74, 6) is -0.114. The van der Waals surface area contributed by atoms with Crippen LogP contribution < -0.4 is 5.32 Å². The molecule has 3 aromatic heterocycles. The summed E-state index contributed by atoms with van der Waals surface area (Å²) in [6.45, 7) is 1.96. The van der Waals surface area contributed by atoms with Crippen LogP contribution in [0.2, 0.25) is 0 Å². The van der Waals surface area contributed by atoms with Crippen molar-refractivity contribution in [2.75, 3.05) is 5.32 Å². The summed E-state index contributed by atoms with van der Waals surface area (Å²) >= 11 is 2.77. The van der Waals surface area contributed by atoms with Gasteiger partial charge in [-0.1, -0.05) is 60.4 Å². The number of rotatable bonds is 5. The highest BCUT2D eigenvalue weighted by atomic mass is 32.2. The molecule has 9 heteroatoms. The molecule has 0 fully saturated rings. The summed E-state index contributed by atoms with van der Waals surface area (Å²) in [6, 6.07) is 15.7. The second-order valence-electron chi connectivity index (χ2n) is 6.45. The molecule has 1 amide bonds. The molecule has 29 heavy (non-hydrogen) atoms. The van der Waals surface area contributed by atoms with Crippen LogP contribution >= 0.6 is 23.1 Å². The Bertz CT molecular complexity index is 1310. The fourth-order valence-corrected chi connectivity index (χ4v) is 4.80. The summed E-state index contributed by atoms with van der Waals surface area (Å²) in [5, 5.41) is 13.2. The molecular weight excluding hydrogens is 404 g/mol. The minimum Gasteiger partial charge on any atom is -0.338 e. The Morgan fingerprint density at radius 1 is 1.14 bits per heavy atom. The van der Waals surface area contributed by atoms with Crippen molar-refractivity contribution >= 4 is 66.4 Å². The highest BCUT2D eigenvalue weighted by molar-refractivity contribution is 8.00. The number of anilines is 1. The van der Waals surface area contributed by atoms with Crippen LogP contribution in [0.1, 0.15) is 13.3 Å². The first-order valence-electron chi connectivity index (χ1n) is 9.15. The maximum Gasteiger partial charge on any atom is 0.239 e. The van der Waals surface area contributed by atoms with Gasteiger partial charge in [-0.2, -0.15) is 0 Å². The molecule has 0 aliphatic heterocycles. The zero-order chi connectivity index (χ0) is 19.8. The molecule has 144 valence electrons. The van der Waals surface area contributed by atoms with Crippen molar-refractivity contribution in [1.82, 2.24) is 25.1 Å². The lowest BCUT2D eigenvalue weighted by atomic mass is 10.2. The van der Waals surface area contributed by atoms with Gasteiger partial charge in [0.25, 0.3) is 0 Å². The van der Waals surface area contributed by atoms with Crippen LogP contribution in [0.15, 0.2) is 53.7 Å². The van der Waals surface area contributed by atoms with Gasteiger partial charge in [0.2, 0.25) is 11.1 Å². The molecule has 5 rings (SSSR count). The number of nitrogens with one attached hydrogen (secondary N) is 2. The fraction of sp³-hybridized carbons (Fsp3) is 0.150. The van der Waals surface area contributed by atoms with E-state index in [9.17, 15) is 4.79 Å². The molecule has 0 aliphatic rings. The number of hydrogen-bond acceptors (Lipinski definition) is 7. The molecule has 2 N–H and O–H groups in total. The molecule has 0 radical (unpaired) electrons. The number of H-pyrrole nitrogens is 1. The van der Waals surface area contributed by atoms with Gasteiger partial charge in [-0.3, -0.25) is 4.79 Å². The average molecular weight is 421 g/mol. The zero-order valence-electron chi connectivity index (χ0n) is 15.4. The minimum atomic E-state index is -0.342. The summed E-state index contributed by atoms with van der Waals surface area (Å²) < 4.78 is 1.04. The lowest BCUT2D eigenvalue weighted by Crippen LogP contribution is -2.24. The monoisotopic (exact) mass is 420 g/mol. The number of aromatic amines is 1. The number of hydrogen-bond donors (Lipinski definition) is 2. The molecule has 0 saturated heterocycles. The van der Waals surface area contributed by atoms with E-state index in [-0.39, 0.29) is 11.2 Å². The third kappa shape index (κ3) is 3.43. The molecule has 0 bridgehead atoms. The first-order chi connectivity index (χ1) is 14.2. The Labute approximate surface area is 174 Å². The van der Waals surface area contributed by atoms with Crippen LogP contribution in [0.25, 0.3) is 32.3 Å². The van der Waals surface area contributed by atoms with Gasteiger partial charge in [-0.05, 0) is 24.6 Å². The average Bonchev–Trinajstić information content (AvgIpc) is 3.31. The Morgan fingerprint density at radius 2 is 1.97 bits per heavy atom. The SMILES string of the molecule is CCC(Sc1nnc2c(n1)[nH]c1ccccc12)C(=O)Nc1nc2ccccc2s1. The van der Waals surface area contributed by atoms with Gasteiger partial charge in [-0.15, -0.1) is 10.2 Å². The zero-order valence-corrected chi connectivity index (χ0v) is 17.0. The van der Waals surface area contributed by atoms with E-state index < -0.39 is 0 Å². The van der Waals surface area contributed by atoms with Gasteiger partial charge in [0.1, 0.15) is 5.52 Å². The van der Waals surface area contributed by atoms with Crippen molar-refractivity contribution in [3.63, 3.8) is 0 Å². The maximum atomic E-state index is 12.8. The molecule has 2 aromatic carbocycles. The standard InChI is InChI=1S/C20H16N6OS2/c1-2-14(18(27)24-19-22-13-9-5-6-10-15(13)29-19)28-20-23-17-16(25-26-20)11-7-3-4-8-12(11)21-17/h3-10,14H,2H2,1H3,(H,21,23,26)(H,22,24,27). The van der Waals surface area contributed by atoms with E-state index in [1.54, 1.807) is 0 Å². The van der Waals surface area contributed by atoms with Gasteiger partial charge in [0, 0.05) is 10.9 Å². The van der Waals surface area contributed by atoms with Gasteiger partial charge in [0.15, 0.2) is 10.8 Å². The van der Waals surface area contributed by atoms with Crippen molar-refractivity contribution in [3.8, 4) is 0 Å². The van der Waals surface area contributed by atoms with E-state index in [2.05, 4.69) is 30.5 Å². The number of benzene rings is 2. The van der Waals surface area contributed by atoms with Crippen LogP contribution in [0.4, 0.5) is 5.13 Å². The van der Waals surface area contributed by atoms with Crippen molar-refractivity contribution in [3.05, 3.63) is 48.5 Å². The number of aromatic nitrogens is 5. The van der Waals surface area contributed by atoms with Gasteiger partial charge in [-0.25, -0.2) is 9.97 Å². The van der Waals surface area contributed by atoms with E-state index in [1.807, 2.05) is 55.5 Å². The van der Waals surface area contributed by atoms with Crippen LogP contribution in [0.3, 0.4) is 0 Å². The lowest BCUT2D eigenvalue weighted by molar-refractivity contribution is -0.115. The number of fused-ring (bicyclic) bond motifs is 4. The van der Waals surface area contributed by atoms with E-state index in [1.165, 1.54) is 23.1 Å². The highest BCUT2D eigenvalue weighted by Gasteiger charge is 2.21. The molecule has 7 nitrogen and oxygen atoms in total. The number of nitrogens with zero attached hydrogens (tertiary/aromatic N) is 4. The number of thiazole rings is 1. The first kappa shape index (κ1) is 18.0. The Morgan fingerprint density at radius 3 is 2.83 bits per heavy atom. The predicted octanol–water partition coefficient (Wildman–Crippen LogP) is 4.63. The van der Waals surface area contributed by atoms with Crippen molar-refractivity contribution in [2.24, 2.45) is 0 Å². The fourth-order valence-electron chi connectivity index (χ4n) is 3.12. The molecular formula is C20H16N6OS2. The van der Waals surface area contributed by atoms with E-state index in [4.69, 9.17) is 0 Å². The topological polar surface area (TPSA) is 96.5 Å². The summed E-state index contributed by atoms with van der Waals surface area (Å²) in [7, 11) is 0. The Kier molecular flexibility index (Phi) is 4.61. The minimum absolute atomic E-state index is 0.114. The summed E-state index contributed by atoms with van der Waals surface area (Å²) in [6.07, 6.45) is 0.634. The van der Waals surface area contributed by atoms with E-state index in [0.29, 0.717) is 22.4 Å². The van der Waals surface area contributed by atoms with Crippen molar-refractivity contribution < 1.29 is 4.79 Å². The third-order valence-corrected chi connectivity index (χ3v) is 6.70. The Hall–Kier alpha value is -3.04. The quantitative estimate of drug-likeness (QED) is 0.403. The van der Waals surface area contributed by atoms with E-state index in [0.717, 1.165) is 26.6 Å². The molecule has 0 aliphatic carbocycles. The summed E-state index contributed by atoms with van der Waals surface area (Å²) in [5.41, 5.74) is 3.25. The smallest absolute Gasteiger partial charge is 0.239 e. The largest absolute Gasteiger partial charge is 0.338 e. The van der Waals surface area contributed by atoms with Gasteiger partial charge >= 0.3 is 0 Å². The second kappa shape index (κ2) is 7.41. The predicted molar refractivity (Wildman–Crippen MR) is 117 cm³/mol.